The molecule has 2 aromatic rings. The molecule has 0 bridgehead atoms. The van der Waals surface area contributed by atoms with E-state index in [9.17, 15) is 0 Å². The summed E-state index contributed by atoms with van der Waals surface area (Å²) in [6, 6.07) is 8.09. The first kappa shape index (κ1) is 16.1. The molecule has 4 heterocycles. The van der Waals surface area contributed by atoms with Crippen molar-refractivity contribution < 1.29 is 9.47 Å². The van der Waals surface area contributed by atoms with E-state index in [-0.39, 0.29) is 0 Å². The van der Waals surface area contributed by atoms with Gasteiger partial charge in [-0.25, -0.2) is 9.97 Å². The Morgan fingerprint density at radius 2 is 1.36 bits per heavy atom. The van der Waals surface area contributed by atoms with Crippen molar-refractivity contribution in [3.63, 3.8) is 0 Å². The second-order valence-electron chi connectivity index (χ2n) is 6.24. The Morgan fingerprint density at radius 1 is 0.800 bits per heavy atom. The van der Waals surface area contributed by atoms with Gasteiger partial charge < -0.3 is 25.0 Å². The lowest BCUT2D eigenvalue weighted by atomic mass is 10.1. The second kappa shape index (κ2) is 7.25. The lowest BCUT2D eigenvalue weighted by molar-refractivity contribution is 0.121. The number of nitrogens with zero attached hydrogens (tertiary/aromatic N) is 4. The van der Waals surface area contributed by atoms with Crippen molar-refractivity contribution in [3.05, 3.63) is 30.5 Å². The quantitative estimate of drug-likeness (QED) is 0.904. The van der Waals surface area contributed by atoms with Crippen LogP contribution < -0.4 is 15.5 Å². The molecule has 0 aromatic carbocycles. The van der Waals surface area contributed by atoms with Gasteiger partial charge in [0.2, 0.25) is 0 Å². The molecule has 2 aliphatic heterocycles. The van der Waals surface area contributed by atoms with Crippen LogP contribution in [0.15, 0.2) is 30.5 Å². The molecule has 2 fully saturated rings. The zero-order valence-electron chi connectivity index (χ0n) is 14.2. The highest BCUT2D eigenvalue weighted by atomic mass is 16.5. The number of pyridine rings is 2. The van der Waals surface area contributed by atoms with Crippen LogP contribution in [0.4, 0.5) is 17.5 Å². The molecule has 7 nitrogen and oxygen atoms in total. The number of ether oxygens (including phenoxy) is 2. The van der Waals surface area contributed by atoms with Crippen LogP contribution in [0.25, 0.3) is 11.1 Å². The van der Waals surface area contributed by atoms with Crippen LogP contribution in [0, 0.1) is 0 Å². The summed E-state index contributed by atoms with van der Waals surface area (Å²) in [5, 5.41) is 0. The molecule has 0 aliphatic carbocycles. The molecule has 4 rings (SSSR count). The summed E-state index contributed by atoms with van der Waals surface area (Å²) < 4.78 is 11.0. The fourth-order valence-corrected chi connectivity index (χ4v) is 3.15. The minimum atomic E-state index is 0.527. The normalized spacial score (nSPS) is 18.4. The molecule has 2 aromatic heterocycles. The maximum Gasteiger partial charge on any atom is 0.131 e. The number of aromatic nitrogens is 2. The number of hydrogen-bond acceptors (Lipinski definition) is 7. The van der Waals surface area contributed by atoms with Crippen molar-refractivity contribution in [3.8, 4) is 11.1 Å². The van der Waals surface area contributed by atoms with Gasteiger partial charge in [0.15, 0.2) is 0 Å². The third kappa shape index (κ3) is 3.67. The average molecular weight is 341 g/mol. The molecule has 0 radical (unpaired) electrons. The number of hydrogen-bond donors (Lipinski definition) is 1. The zero-order chi connectivity index (χ0) is 17.1. The van der Waals surface area contributed by atoms with E-state index in [2.05, 4.69) is 26.9 Å². The van der Waals surface area contributed by atoms with Crippen molar-refractivity contribution >= 4 is 17.5 Å². The molecular formula is C18H23N5O2. The van der Waals surface area contributed by atoms with Crippen LogP contribution >= 0.6 is 0 Å². The van der Waals surface area contributed by atoms with Gasteiger partial charge in [-0.2, -0.15) is 0 Å². The predicted molar refractivity (Wildman–Crippen MR) is 97.9 cm³/mol. The summed E-state index contributed by atoms with van der Waals surface area (Å²) in [4.78, 5) is 13.7. The summed E-state index contributed by atoms with van der Waals surface area (Å²) in [5.74, 6) is 2.50. The van der Waals surface area contributed by atoms with E-state index in [1.54, 1.807) is 0 Å². The van der Waals surface area contributed by atoms with Gasteiger partial charge in [0, 0.05) is 37.9 Å². The Kier molecular flexibility index (Phi) is 4.67. The molecule has 2 N–H and O–H groups in total. The highest BCUT2D eigenvalue weighted by Crippen LogP contribution is 2.29. The van der Waals surface area contributed by atoms with Crippen LogP contribution in [0.5, 0.6) is 0 Å². The first-order valence-electron chi connectivity index (χ1n) is 8.69. The lowest BCUT2D eigenvalue weighted by Crippen LogP contribution is -2.39. The monoisotopic (exact) mass is 341 g/mol. The number of anilines is 3. The van der Waals surface area contributed by atoms with E-state index in [1.807, 2.05) is 18.3 Å². The molecule has 25 heavy (non-hydrogen) atoms. The van der Waals surface area contributed by atoms with Gasteiger partial charge >= 0.3 is 0 Å². The molecular weight excluding hydrogens is 318 g/mol. The fourth-order valence-electron chi connectivity index (χ4n) is 3.15. The van der Waals surface area contributed by atoms with Gasteiger partial charge in [-0.15, -0.1) is 0 Å². The minimum absolute atomic E-state index is 0.527. The van der Waals surface area contributed by atoms with Gasteiger partial charge in [-0.3, -0.25) is 0 Å². The van der Waals surface area contributed by atoms with Crippen molar-refractivity contribution in [1.29, 1.82) is 0 Å². The standard InChI is InChI=1S/C18H23N5O2/c19-16-2-1-14(13-20-16)15-11-17(22-3-7-24-8-4-22)21-18(12-15)23-5-9-25-10-6-23/h1-2,11-13H,3-10H2,(H2,19,20). The summed E-state index contributed by atoms with van der Waals surface area (Å²) in [5.41, 5.74) is 7.88. The number of rotatable bonds is 3. The van der Waals surface area contributed by atoms with Crippen molar-refractivity contribution in [2.24, 2.45) is 0 Å². The van der Waals surface area contributed by atoms with Crippen molar-refractivity contribution in [1.82, 2.24) is 9.97 Å². The largest absolute Gasteiger partial charge is 0.384 e. The molecule has 0 unspecified atom stereocenters. The van der Waals surface area contributed by atoms with E-state index in [0.29, 0.717) is 5.82 Å². The molecule has 0 atom stereocenters. The first-order valence-corrected chi connectivity index (χ1v) is 8.69. The molecule has 7 heteroatoms. The van der Waals surface area contributed by atoms with E-state index in [4.69, 9.17) is 20.2 Å². The molecule has 2 saturated heterocycles. The molecule has 132 valence electrons. The summed E-state index contributed by atoms with van der Waals surface area (Å²) in [6.07, 6.45) is 1.82. The lowest BCUT2D eigenvalue weighted by Gasteiger charge is -2.32. The van der Waals surface area contributed by atoms with Gasteiger partial charge in [0.1, 0.15) is 17.5 Å². The van der Waals surface area contributed by atoms with Crippen LogP contribution in [0.2, 0.25) is 0 Å². The summed E-state index contributed by atoms with van der Waals surface area (Å²) >= 11 is 0. The first-order chi connectivity index (χ1) is 12.3. The van der Waals surface area contributed by atoms with Gasteiger partial charge in [0.05, 0.1) is 26.4 Å². The smallest absolute Gasteiger partial charge is 0.131 e. The molecule has 0 saturated carbocycles. The highest BCUT2D eigenvalue weighted by Gasteiger charge is 2.18. The topological polar surface area (TPSA) is 76.7 Å². The highest BCUT2D eigenvalue weighted by molar-refractivity contribution is 5.71. The Labute approximate surface area is 147 Å². The zero-order valence-corrected chi connectivity index (χ0v) is 14.2. The molecule has 0 amide bonds. The molecule has 2 aliphatic rings. The Balaban J connectivity index is 1.72. The third-order valence-corrected chi connectivity index (χ3v) is 4.59. The van der Waals surface area contributed by atoms with Crippen LogP contribution in [-0.4, -0.2) is 62.6 Å². The van der Waals surface area contributed by atoms with Crippen LogP contribution in [0.1, 0.15) is 0 Å². The molecule has 0 spiro atoms. The van der Waals surface area contributed by atoms with Crippen molar-refractivity contribution in [2.75, 3.05) is 68.1 Å². The number of nitrogen functional groups attached to an aromatic ring is 1. The minimum Gasteiger partial charge on any atom is -0.384 e. The van der Waals surface area contributed by atoms with Crippen LogP contribution in [0.3, 0.4) is 0 Å². The van der Waals surface area contributed by atoms with E-state index < -0.39 is 0 Å². The maximum atomic E-state index is 5.73. The van der Waals surface area contributed by atoms with E-state index in [1.165, 1.54) is 0 Å². The van der Waals surface area contributed by atoms with Gasteiger partial charge in [-0.1, -0.05) is 0 Å². The van der Waals surface area contributed by atoms with Gasteiger partial charge in [-0.05, 0) is 29.8 Å². The Bertz CT molecular complexity index is 674. The van der Waals surface area contributed by atoms with Gasteiger partial charge in [0.25, 0.3) is 0 Å². The summed E-state index contributed by atoms with van der Waals surface area (Å²) in [7, 11) is 0. The van der Waals surface area contributed by atoms with E-state index >= 15 is 0 Å². The maximum absolute atomic E-state index is 5.73. The van der Waals surface area contributed by atoms with Crippen molar-refractivity contribution in [2.45, 2.75) is 0 Å². The van der Waals surface area contributed by atoms with E-state index in [0.717, 1.165) is 75.4 Å². The SMILES string of the molecule is Nc1ccc(-c2cc(N3CCOCC3)nc(N3CCOCC3)c2)cn1. The second-order valence-corrected chi connectivity index (χ2v) is 6.24. The van der Waals surface area contributed by atoms with Crippen LogP contribution in [-0.2, 0) is 9.47 Å². The number of morpholine rings is 2. The Morgan fingerprint density at radius 3 is 1.84 bits per heavy atom. The summed E-state index contributed by atoms with van der Waals surface area (Å²) in [6.45, 7) is 6.39. The predicted octanol–water partition coefficient (Wildman–Crippen LogP) is 1.40. The third-order valence-electron chi connectivity index (χ3n) is 4.59. The average Bonchev–Trinajstić information content (AvgIpc) is 2.69. The number of nitrogens with two attached hydrogens (primary N) is 1. The fraction of sp³-hybridized carbons (Fsp3) is 0.444. The Hall–Kier alpha value is -2.38.